The molecule has 6 heteroatoms. The summed E-state index contributed by atoms with van der Waals surface area (Å²) in [6.45, 7) is 3.67. The van der Waals surface area contributed by atoms with E-state index >= 15 is 0 Å². The Kier molecular flexibility index (Phi) is 4.13. The Morgan fingerprint density at radius 1 is 1.50 bits per heavy atom. The Morgan fingerprint density at radius 2 is 2.30 bits per heavy atom. The zero-order valence-corrected chi connectivity index (χ0v) is 11.2. The maximum absolute atomic E-state index is 12.0. The fraction of sp³-hybridized carbons (Fsp3) is 0.214. The molecule has 20 heavy (non-hydrogen) atoms. The summed E-state index contributed by atoms with van der Waals surface area (Å²) in [4.78, 5) is 20.1. The Balaban J connectivity index is 2.17. The van der Waals surface area contributed by atoms with Crippen LogP contribution in [0.5, 0.6) is 0 Å². The fourth-order valence-electron chi connectivity index (χ4n) is 1.64. The number of aromatic nitrogens is 2. The number of nitrogens with one attached hydrogen (secondary N) is 1. The van der Waals surface area contributed by atoms with Crippen LogP contribution in [0.3, 0.4) is 0 Å². The minimum atomic E-state index is -0.389. The number of oxazole rings is 1. The SMILES string of the molecule is Cc1nc(C)c(C(=O)Nc2cc(C#CCN)ccn2)o1. The van der Waals surface area contributed by atoms with E-state index in [0.717, 1.165) is 5.56 Å². The topological polar surface area (TPSA) is 94.0 Å². The van der Waals surface area contributed by atoms with Crippen LogP contribution in [0.1, 0.15) is 27.7 Å². The summed E-state index contributed by atoms with van der Waals surface area (Å²) in [7, 11) is 0. The first kappa shape index (κ1) is 13.8. The molecule has 0 unspecified atom stereocenters. The molecule has 0 atom stereocenters. The van der Waals surface area contributed by atoms with E-state index in [0.29, 0.717) is 17.4 Å². The van der Waals surface area contributed by atoms with Crippen LogP contribution in [0.2, 0.25) is 0 Å². The lowest BCUT2D eigenvalue weighted by Crippen LogP contribution is -2.13. The van der Waals surface area contributed by atoms with Gasteiger partial charge in [0.05, 0.1) is 12.2 Å². The van der Waals surface area contributed by atoms with Gasteiger partial charge in [0.1, 0.15) is 5.82 Å². The van der Waals surface area contributed by atoms with E-state index in [1.54, 1.807) is 32.2 Å². The minimum Gasteiger partial charge on any atom is -0.436 e. The van der Waals surface area contributed by atoms with E-state index in [-0.39, 0.29) is 18.2 Å². The molecule has 0 radical (unpaired) electrons. The predicted octanol–water partition coefficient (Wildman–Crippen LogP) is 1.25. The monoisotopic (exact) mass is 270 g/mol. The Bertz CT molecular complexity index is 695. The van der Waals surface area contributed by atoms with Gasteiger partial charge in [-0.1, -0.05) is 11.8 Å². The van der Waals surface area contributed by atoms with E-state index < -0.39 is 0 Å². The molecule has 102 valence electrons. The molecular formula is C14H14N4O2. The van der Waals surface area contributed by atoms with Crippen LogP contribution < -0.4 is 11.1 Å². The van der Waals surface area contributed by atoms with Crippen molar-refractivity contribution in [2.24, 2.45) is 5.73 Å². The maximum Gasteiger partial charge on any atom is 0.294 e. The van der Waals surface area contributed by atoms with Crippen molar-refractivity contribution in [3.8, 4) is 11.8 Å². The molecule has 2 aromatic rings. The van der Waals surface area contributed by atoms with Crippen LogP contribution in [0.4, 0.5) is 5.82 Å². The van der Waals surface area contributed by atoms with Gasteiger partial charge >= 0.3 is 0 Å². The van der Waals surface area contributed by atoms with Crippen molar-refractivity contribution in [3.63, 3.8) is 0 Å². The molecule has 0 aliphatic heterocycles. The first-order valence-corrected chi connectivity index (χ1v) is 6.00. The molecule has 2 heterocycles. The number of amides is 1. The Hall–Kier alpha value is -2.65. The van der Waals surface area contributed by atoms with Crippen molar-refractivity contribution in [3.05, 3.63) is 41.2 Å². The lowest BCUT2D eigenvalue weighted by molar-refractivity contribution is 0.0994. The Morgan fingerprint density at radius 3 is 2.95 bits per heavy atom. The first-order valence-electron chi connectivity index (χ1n) is 6.00. The van der Waals surface area contributed by atoms with Crippen LogP contribution in [-0.2, 0) is 0 Å². The number of aryl methyl sites for hydroxylation is 2. The van der Waals surface area contributed by atoms with E-state index in [1.807, 2.05) is 0 Å². The van der Waals surface area contributed by atoms with Gasteiger partial charge in [-0.2, -0.15) is 0 Å². The van der Waals surface area contributed by atoms with Crippen LogP contribution in [0.25, 0.3) is 0 Å². The summed E-state index contributed by atoms with van der Waals surface area (Å²) in [5.74, 6) is 6.25. The summed E-state index contributed by atoms with van der Waals surface area (Å²) in [6, 6.07) is 3.40. The largest absolute Gasteiger partial charge is 0.436 e. The third-order valence-electron chi connectivity index (χ3n) is 2.45. The van der Waals surface area contributed by atoms with Gasteiger partial charge in [0, 0.05) is 18.7 Å². The molecule has 0 aliphatic rings. The van der Waals surface area contributed by atoms with Crippen molar-refractivity contribution < 1.29 is 9.21 Å². The summed E-state index contributed by atoms with van der Waals surface area (Å²) in [5.41, 5.74) is 6.58. The molecule has 0 bridgehead atoms. The standard InChI is InChI=1S/C14H14N4O2/c1-9-13(20-10(2)17-9)14(19)18-12-8-11(4-3-6-15)5-7-16-12/h5,7-8H,6,15H2,1-2H3,(H,16,18,19). The van der Waals surface area contributed by atoms with Crippen molar-refractivity contribution in [2.75, 3.05) is 11.9 Å². The number of rotatable bonds is 2. The average molecular weight is 270 g/mol. The number of carbonyl (C=O) groups excluding carboxylic acids is 1. The molecule has 2 rings (SSSR count). The second-order valence-electron chi connectivity index (χ2n) is 4.04. The third-order valence-corrected chi connectivity index (χ3v) is 2.45. The predicted molar refractivity (Wildman–Crippen MR) is 74.1 cm³/mol. The molecule has 6 nitrogen and oxygen atoms in total. The summed E-state index contributed by atoms with van der Waals surface area (Å²) >= 11 is 0. The number of nitrogens with two attached hydrogens (primary N) is 1. The van der Waals surface area contributed by atoms with Gasteiger partial charge in [0.25, 0.3) is 5.91 Å². The lowest BCUT2D eigenvalue weighted by atomic mass is 10.2. The van der Waals surface area contributed by atoms with E-state index in [1.165, 1.54) is 0 Å². The zero-order valence-electron chi connectivity index (χ0n) is 11.2. The molecule has 0 aromatic carbocycles. The molecule has 0 saturated heterocycles. The van der Waals surface area contributed by atoms with Gasteiger partial charge in [-0.25, -0.2) is 9.97 Å². The quantitative estimate of drug-likeness (QED) is 0.801. The zero-order chi connectivity index (χ0) is 14.5. The molecule has 0 fully saturated rings. The van der Waals surface area contributed by atoms with Crippen molar-refractivity contribution in [1.82, 2.24) is 9.97 Å². The highest BCUT2D eigenvalue weighted by Gasteiger charge is 2.16. The number of hydrogen-bond donors (Lipinski definition) is 2. The van der Waals surface area contributed by atoms with Crippen LogP contribution in [0, 0.1) is 25.7 Å². The molecular weight excluding hydrogens is 256 g/mol. The second kappa shape index (κ2) is 5.99. The van der Waals surface area contributed by atoms with Crippen molar-refractivity contribution in [1.29, 1.82) is 0 Å². The molecule has 0 aliphatic carbocycles. The summed E-state index contributed by atoms with van der Waals surface area (Å²) < 4.78 is 5.25. The number of carbonyl (C=O) groups is 1. The van der Waals surface area contributed by atoms with Crippen LogP contribution >= 0.6 is 0 Å². The molecule has 1 amide bonds. The smallest absolute Gasteiger partial charge is 0.294 e. The lowest BCUT2D eigenvalue weighted by Gasteiger charge is -2.02. The summed E-state index contributed by atoms with van der Waals surface area (Å²) in [6.07, 6.45) is 1.56. The maximum atomic E-state index is 12.0. The highest BCUT2D eigenvalue weighted by atomic mass is 16.4. The number of nitrogens with zero attached hydrogens (tertiary/aromatic N) is 2. The second-order valence-corrected chi connectivity index (χ2v) is 4.04. The number of anilines is 1. The van der Waals surface area contributed by atoms with Crippen molar-refractivity contribution in [2.45, 2.75) is 13.8 Å². The van der Waals surface area contributed by atoms with Gasteiger partial charge < -0.3 is 15.5 Å². The van der Waals surface area contributed by atoms with Gasteiger partial charge in [0.2, 0.25) is 5.76 Å². The highest BCUT2D eigenvalue weighted by Crippen LogP contribution is 2.12. The third kappa shape index (κ3) is 3.22. The normalized spacial score (nSPS) is 9.75. The first-order chi connectivity index (χ1) is 9.60. The fourth-order valence-corrected chi connectivity index (χ4v) is 1.64. The number of hydrogen-bond acceptors (Lipinski definition) is 5. The minimum absolute atomic E-state index is 0.183. The Labute approximate surface area is 116 Å². The van der Waals surface area contributed by atoms with E-state index in [4.69, 9.17) is 10.2 Å². The van der Waals surface area contributed by atoms with E-state index in [2.05, 4.69) is 27.1 Å². The average Bonchev–Trinajstić information content (AvgIpc) is 2.76. The summed E-state index contributed by atoms with van der Waals surface area (Å²) in [5, 5.41) is 2.65. The molecule has 0 saturated carbocycles. The van der Waals surface area contributed by atoms with Gasteiger partial charge in [-0.3, -0.25) is 4.79 Å². The number of pyridine rings is 1. The van der Waals surface area contributed by atoms with E-state index in [9.17, 15) is 4.79 Å². The van der Waals surface area contributed by atoms with Crippen molar-refractivity contribution >= 4 is 11.7 Å². The van der Waals surface area contributed by atoms with Crippen LogP contribution in [-0.4, -0.2) is 22.4 Å². The van der Waals surface area contributed by atoms with Gasteiger partial charge in [-0.15, -0.1) is 0 Å². The molecule has 3 N–H and O–H groups in total. The van der Waals surface area contributed by atoms with Crippen LogP contribution in [0.15, 0.2) is 22.7 Å². The van der Waals surface area contributed by atoms with Gasteiger partial charge in [-0.05, 0) is 19.1 Å². The molecule has 0 spiro atoms. The molecule has 2 aromatic heterocycles. The van der Waals surface area contributed by atoms with Gasteiger partial charge in [0.15, 0.2) is 5.89 Å². The highest BCUT2D eigenvalue weighted by molar-refractivity contribution is 6.02.